The molecule has 0 aliphatic heterocycles. The summed E-state index contributed by atoms with van der Waals surface area (Å²) < 4.78 is 10.4. The fourth-order valence-electron chi connectivity index (χ4n) is 2.68. The van der Waals surface area contributed by atoms with Gasteiger partial charge in [-0.2, -0.15) is 0 Å². The topological polar surface area (TPSA) is 83.3 Å². The lowest BCUT2D eigenvalue weighted by molar-refractivity contribution is -0.139. The highest BCUT2D eigenvalue weighted by molar-refractivity contribution is 5.93. The number of esters is 2. The Morgan fingerprint density at radius 2 is 1.62 bits per heavy atom. The maximum absolute atomic E-state index is 12.6. The van der Waals surface area contributed by atoms with Crippen LogP contribution >= 0.6 is 0 Å². The average molecular weight is 393 g/mol. The molecule has 0 bridgehead atoms. The van der Waals surface area contributed by atoms with Crippen molar-refractivity contribution in [3.8, 4) is 5.69 Å². The van der Waals surface area contributed by atoms with Crippen LogP contribution in [0.3, 0.4) is 0 Å². The van der Waals surface area contributed by atoms with E-state index in [0.29, 0.717) is 29.7 Å². The minimum Gasteiger partial charge on any atom is -0.462 e. The van der Waals surface area contributed by atoms with E-state index in [1.165, 1.54) is 4.80 Å². The zero-order valence-corrected chi connectivity index (χ0v) is 16.6. The summed E-state index contributed by atoms with van der Waals surface area (Å²) in [6.45, 7) is 7.55. The molecule has 3 aromatic rings. The number of fused-ring (bicyclic) bond motifs is 1. The van der Waals surface area contributed by atoms with Gasteiger partial charge in [0.15, 0.2) is 0 Å². The van der Waals surface area contributed by atoms with Crippen LogP contribution in [0.4, 0.5) is 0 Å². The summed E-state index contributed by atoms with van der Waals surface area (Å²) in [6, 6.07) is 12.9. The summed E-state index contributed by atoms with van der Waals surface area (Å²) in [5.74, 6) is -0.856. The standard InChI is InChI=1S/C22H23N3O4/c1-15(2)21(26)28-12-6-7-13-29-22(27)17-11-10-16(3)14-20(17)25-23-18-8-4-5-9-19(18)24-25/h4-5,8-11,14H,1,6-7,12-13H2,2-3H3. The zero-order chi connectivity index (χ0) is 20.8. The van der Waals surface area contributed by atoms with Gasteiger partial charge < -0.3 is 9.47 Å². The number of rotatable bonds is 8. The summed E-state index contributed by atoms with van der Waals surface area (Å²) in [7, 11) is 0. The number of aryl methyl sites for hydroxylation is 1. The molecule has 150 valence electrons. The Kier molecular flexibility index (Phi) is 6.39. The first-order valence-electron chi connectivity index (χ1n) is 9.38. The second kappa shape index (κ2) is 9.14. The second-order valence-electron chi connectivity index (χ2n) is 6.76. The highest BCUT2D eigenvalue weighted by Gasteiger charge is 2.17. The number of unbranched alkanes of at least 4 members (excludes halogenated alkanes) is 1. The number of ether oxygens (including phenoxy) is 2. The summed E-state index contributed by atoms with van der Waals surface area (Å²) in [5, 5.41) is 8.92. The van der Waals surface area contributed by atoms with Crippen LogP contribution in [-0.4, -0.2) is 40.1 Å². The van der Waals surface area contributed by atoms with Crippen molar-refractivity contribution >= 4 is 23.0 Å². The third-order valence-corrected chi connectivity index (χ3v) is 4.23. The highest BCUT2D eigenvalue weighted by atomic mass is 16.5. The molecule has 1 aromatic heterocycles. The molecule has 0 N–H and O–H groups in total. The molecule has 1 heterocycles. The lowest BCUT2D eigenvalue weighted by atomic mass is 10.1. The Hall–Kier alpha value is -3.48. The van der Waals surface area contributed by atoms with E-state index in [1.54, 1.807) is 13.0 Å². The molecule has 0 fully saturated rings. The molecular formula is C22H23N3O4. The molecule has 0 saturated carbocycles. The maximum atomic E-state index is 12.6. The third kappa shape index (κ3) is 5.07. The summed E-state index contributed by atoms with van der Waals surface area (Å²) in [5.41, 5.74) is 3.81. The van der Waals surface area contributed by atoms with Gasteiger partial charge in [-0.1, -0.05) is 24.8 Å². The Bertz CT molecular complexity index is 1020. The van der Waals surface area contributed by atoms with Gasteiger partial charge in [0.2, 0.25) is 0 Å². The van der Waals surface area contributed by atoms with Crippen LogP contribution in [0.1, 0.15) is 35.7 Å². The zero-order valence-electron chi connectivity index (χ0n) is 16.6. The summed E-state index contributed by atoms with van der Waals surface area (Å²) in [4.78, 5) is 25.4. The van der Waals surface area contributed by atoms with E-state index >= 15 is 0 Å². The monoisotopic (exact) mass is 393 g/mol. The van der Waals surface area contributed by atoms with Crippen molar-refractivity contribution in [2.24, 2.45) is 0 Å². The van der Waals surface area contributed by atoms with Gasteiger partial charge in [0, 0.05) is 5.57 Å². The molecule has 7 nitrogen and oxygen atoms in total. The van der Waals surface area contributed by atoms with E-state index in [1.807, 2.05) is 43.3 Å². The number of hydrogen-bond donors (Lipinski definition) is 0. The molecule has 0 atom stereocenters. The molecule has 0 radical (unpaired) electrons. The van der Waals surface area contributed by atoms with Crippen molar-refractivity contribution in [2.45, 2.75) is 26.7 Å². The first-order chi connectivity index (χ1) is 14.0. The molecular weight excluding hydrogens is 370 g/mol. The van der Waals surface area contributed by atoms with Crippen molar-refractivity contribution < 1.29 is 19.1 Å². The van der Waals surface area contributed by atoms with Crippen LogP contribution in [0.25, 0.3) is 16.7 Å². The number of aromatic nitrogens is 3. The normalized spacial score (nSPS) is 10.7. The van der Waals surface area contributed by atoms with Crippen molar-refractivity contribution in [3.63, 3.8) is 0 Å². The molecule has 0 saturated heterocycles. The first-order valence-corrected chi connectivity index (χ1v) is 9.38. The van der Waals surface area contributed by atoms with Crippen LogP contribution in [0.2, 0.25) is 0 Å². The van der Waals surface area contributed by atoms with Gasteiger partial charge in [-0.15, -0.1) is 15.0 Å². The van der Waals surface area contributed by atoms with E-state index in [9.17, 15) is 9.59 Å². The number of carbonyl (C=O) groups excluding carboxylic acids is 2. The fraction of sp³-hybridized carbons (Fsp3) is 0.273. The predicted molar refractivity (Wildman–Crippen MR) is 109 cm³/mol. The van der Waals surface area contributed by atoms with Gasteiger partial charge in [0.1, 0.15) is 16.7 Å². The molecule has 0 spiro atoms. The smallest absolute Gasteiger partial charge is 0.340 e. The van der Waals surface area contributed by atoms with E-state index in [-0.39, 0.29) is 13.2 Å². The SMILES string of the molecule is C=C(C)C(=O)OCCCCOC(=O)c1ccc(C)cc1-n1nc2ccccc2n1. The summed E-state index contributed by atoms with van der Waals surface area (Å²) in [6.07, 6.45) is 1.18. The van der Waals surface area contributed by atoms with Crippen LogP contribution in [0, 0.1) is 6.92 Å². The molecule has 2 aromatic carbocycles. The Labute approximate surface area is 168 Å². The molecule has 3 rings (SSSR count). The lowest BCUT2D eigenvalue weighted by Gasteiger charge is -2.10. The Balaban J connectivity index is 1.64. The Morgan fingerprint density at radius 1 is 1.00 bits per heavy atom. The number of hydrogen-bond acceptors (Lipinski definition) is 6. The Morgan fingerprint density at radius 3 is 2.24 bits per heavy atom. The van der Waals surface area contributed by atoms with E-state index < -0.39 is 11.9 Å². The van der Waals surface area contributed by atoms with Gasteiger partial charge in [0.05, 0.1) is 18.8 Å². The molecule has 0 amide bonds. The van der Waals surface area contributed by atoms with Crippen LogP contribution in [0.5, 0.6) is 0 Å². The minimum atomic E-state index is -0.444. The number of benzene rings is 2. The summed E-state index contributed by atoms with van der Waals surface area (Å²) >= 11 is 0. The van der Waals surface area contributed by atoms with E-state index in [4.69, 9.17) is 9.47 Å². The van der Waals surface area contributed by atoms with Crippen LogP contribution in [0.15, 0.2) is 54.6 Å². The highest BCUT2D eigenvalue weighted by Crippen LogP contribution is 2.19. The quantitative estimate of drug-likeness (QED) is 0.329. The molecule has 7 heteroatoms. The fourth-order valence-corrected chi connectivity index (χ4v) is 2.68. The van der Waals surface area contributed by atoms with Gasteiger partial charge in [-0.05, 0) is 56.5 Å². The number of nitrogens with zero attached hydrogens (tertiary/aromatic N) is 3. The van der Waals surface area contributed by atoms with Crippen molar-refractivity contribution in [3.05, 3.63) is 65.7 Å². The molecule has 0 unspecified atom stereocenters. The van der Waals surface area contributed by atoms with Crippen LogP contribution in [-0.2, 0) is 14.3 Å². The molecule has 0 aliphatic rings. The second-order valence-corrected chi connectivity index (χ2v) is 6.76. The molecule has 29 heavy (non-hydrogen) atoms. The number of carbonyl (C=O) groups is 2. The van der Waals surface area contributed by atoms with Gasteiger partial charge in [-0.3, -0.25) is 0 Å². The largest absolute Gasteiger partial charge is 0.462 e. The van der Waals surface area contributed by atoms with Crippen molar-refractivity contribution in [1.29, 1.82) is 0 Å². The maximum Gasteiger partial charge on any atom is 0.340 e. The van der Waals surface area contributed by atoms with E-state index in [2.05, 4.69) is 16.8 Å². The minimum absolute atomic E-state index is 0.227. The van der Waals surface area contributed by atoms with Gasteiger partial charge in [-0.25, -0.2) is 9.59 Å². The lowest BCUT2D eigenvalue weighted by Crippen LogP contribution is -2.13. The predicted octanol–water partition coefficient (Wildman–Crippen LogP) is 3.79. The van der Waals surface area contributed by atoms with E-state index in [0.717, 1.165) is 16.6 Å². The molecule has 0 aliphatic carbocycles. The van der Waals surface area contributed by atoms with Crippen molar-refractivity contribution in [2.75, 3.05) is 13.2 Å². The van der Waals surface area contributed by atoms with Crippen LogP contribution < -0.4 is 0 Å². The average Bonchev–Trinajstić information content (AvgIpc) is 3.14. The van der Waals surface area contributed by atoms with Gasteiger partial charge >= 0.3 is 11.9 Å². The third-order valence-electron chi connectivity index (χ3n) is 4.23. The first kappa shape index (κ1) is 20.3. The van der Waals surface area contributed by atoms with Gasteiger partial charge in [0.25, 0.3) is 0 Å². The van der Waals surface area contributed by atoms with Crippen molar-refractivity contribution in [1.82, 2.24) is 15.0 Å².